The molecule has 1 fully saturated rings. The maximum atomic E-state index is 13.0. The molecule has 0 saturated carbocycles. The van der Waals surface area contributed by atoms with E-state index in [1.165, 1.54) is 5.56 Å². The number of anilines is 2. The third-order valence-electron chi connectivity index (χ3n) is 6.03. The first-order chi connectivity index (χ1) is 15.1. The van der Waals surface area contributed by atoms with Crippen LogP contribution in [0.25, 0.3) is 11.1 Å². The SMILES string of the molecule is CCc1cc2c(cc1C)NC(=O)c1cc(-c3ccnc(N4CCNCC4)c3)ccc1O2. The Morgan fingerprint density at radius 1 is 1.03 bits per heavy atom. The van der Waals surface area contributed by atoms with Gasteiger partial charge in [0.2, 0.25) is 0 Å². The summed E-state index contributed by atoms with van der Waals surface area (Å²) in [5.74, 6) is 2.06. The highest BCUT2D eigenvalue weighted by Gasteiger charge is 2.22. The monoisotopic (exact) mass is 414 g/mol. The Morgan fingerprint density at radius 2 is 1.84 bits per heavy atom. The topological polar surface area (TPSA) is 66.5 Å². The van der Waals surface area contributed by atoms with Crippen molar-refractivity contribution in [1.82, 2.24) is 10.3 Å². The Bertz CT molecular complexity index is 1150. The second-order valence-electron chi connectivity index (χ2n) is 8.04. The zero-order valence-corrected chi connectivity index (χ0v) is 17.9. The lowest BCUT2D eigenvalue weighted by Crippen LogP contribution is -2.43. The van der Waals surface area contributed by atoms with E-state index in [0.29, 0.717) is 22.7 Å². The van der Waals surface area contributed by atoms with Crippen molar-refractivity contribution in [3.8, 4) is 22.6 Å². The summed E-state index contributed by atoms with van der Waals surface area (Å²) in [6, 6.07) is 13.9. The molecule has 0 unspecified atom stereocenters. The molecule has 5 rings (SSSR count). The van der Waals surface area contributed by atoms with Crippen LogP contribution >= 0.6 is 0 Å². The predicted octanol–water partition coefficient (Wildman–Crippen LogP) is 4.39. The summed E-state index contributed by atoms with van der Waals surface area (Å²) in [5, 5.41) is 6.39. The van der Waals surface area contributed by atoms with E-state index in [9.17, 15) is 4.79 Å². The number of hydrogen-bond donors (Lipinski definition) is 2. The van der Waals surface area contributed by atoms with Crippen LogP contribution < -0.4 is 20.3 Å². The molecule has 2 aromatic carbocycles. The number of aryl methyl sites for hydroxylation is 2. The van der Waals surface area contributed by atoms with E-state index in [0.717, 1.165) is 55.1 Å². The van der Waals surface area contributed by atoms with Crippen molar-refractivity contribution >= 4 is 17.4 Å². The molecule has 3 aromatic rings. The number of pyridine rings is 1. The molecule has 6 heteroatoms. The molecular weight excluding hydrogens is 388 g/mol. The van der Waals surface area contributed by atoms with Gasteiger partial charge in [-0.2, -0.15) is 0 Å². The number of amides is 1. The highest BCUT2D eigenvalue weighted by atomic mass is 16.5. The minimum atomic E-state index is -0.157. The number of ether oxygens (including phenoxy) is 1. The van der Waals surface area contributed by atoms with Crippen LogP contribution in [0.3, 0.4) is 0 Å². The van der Waals surface area contributed by atoms with Crippen LogP contribution in [0.2, 0.25) is 0 Å². The number of aromatic nitrogens is 1. The van der Waals surface area contributed by atoms with Gasteiger partial charge < -0.3 is 20.3 Å². The van der Waals surface area contributed by atoms with Crippen molar-refractivity contribution in [3.63, 3.8) is 0 Å². The third kappa shape index (κ3) is 3.75. The molecule has 2 aliphatic rings. The average Bonchev–Trinajstić information content (AvgIpc) is 2.94. The second-order valence-corrected chi connectivity index (χ2v) is 8.04. The van der Waals surface area contributed by atoms with Crippen molar-refractivity contribution < 1.29 is 9.53 Å². The van der Waals surface area contributed by atoms with Gasteiger partial charge in [-0.25, -0.2) is 4.98 Å². The summed E-state index contributed by atoms with van der Waals surface area (Å²) < 4.78 is 6.17. The van der Waals surface area contributed by atoms with Crippen molar-refractivity contribution in [2.75, 3.05) is 36.4 Å². The van der Waals surface area contributed by atoms with Gasteiger partial charge in [0.1, 0.15) is 11.6 Å². The Hall–Kier alpha value is -3.38. The number of nitrogens with one attached hydrogen (secondary N) is 2. The van der Waals surface area contributed by atoms with E-state index in [1.807, 2.05) is 42.6 Å². The first-order valence-corrected chi connectivity index (χ1v) is 10.8. The van der Waals surface area contributed by atoms with Gasteiger partial charge in [-0.15, -0.1) is 0 Å². The van der Waals surface area contributed by atoms with Crippen LogP contribution in [-0.4, -0.2) is 37.1 Å². The first kappa shape index (κ1) is 19.6. The van der Waals surface area contributed by atoms with Crippen LogP contribution in [0, 0.1) is 6.92 Å². The molecule has 3 heterocycles. The molecule has 0 radical (unpaired) electrons. The molecule has 0 aliphatic carbocycles. The summed E-state index contributed by atoms with van der Waals surface area (Å²) in [6.07, 6.45) is 2.75. The van der Waals surface area contributed by atoms with Crippen LogP contribution in [0.1, 0.15) is 28.4 Å². The van der Waals surface area contributed by atoms with E-state index in [2.05, 4.69) is 40.4 Å². The lowest BCUT2D eigenvalue weighted by molar-refractivity contribution is 0.102. The zero-order valence-electron chi connectivity index (χ0n) is 17.9. The van der Waals surface area contributed by atoms with Gasteiger partial charge in [-0.3, -0.25) is 4.79 Å². The van der Waals surface area contributed by atoms with Crippen LogP contribution in [-0.2, 0) is 6.42 Å². The van der Waals surface area contributed by atoms with E-state index in [-0.39, 0.29) is 5.91 Å². The van der Waals surface area contributed by atoms with Crippen molar-refractivity contribution in [1.29, 1.82) is 0 Å². The minimum Gasteiger partial charge on any atom is -0.454 e. The molecule has 0 atom stereocenters. The molecule has 2 N–H and O–H groups in total. The molecule has 31 heavy (non-hydrogen) atoms. The molecule has 1 amide bonds. The lowest BCUT2D eigenvalue weighted by Gasteiger charge is -2.28. The number of benzene rings is 2. The zero-order chi connectivity index (χ0) is 21.4. The second kappa shape index (κ2) is 8.04. The number of fused-ring (bicyclic) bond motifs is 2. The average molecular weight is 415 g/mol. The third-order valence-corrected chi connectivity index (χ3v) is 6.03. The first-order valence-electron chi connectivity index (χ1n) is 10.8. The number of carbonyl (C=O) groups is 1. The van der Waals surface area contributed by atoms with Crippen molar-refractivity contribution in [2.24, 2.45) is 0 Å². The van der Waals surface area contributed by atoms with Crippen molar-refractivity contribution in [2.45, 2.75) is 20.3 Å². The van der Waals surface area contributed by atoms with Gasteiger partial charge in [0.25, 0.3) is 5.91 Å². The van der Waals surface area contributed by atoms with Gasteiger partial charge in [0.15, 0.2) is 5.75 Å². The summed E-state index contributed by atoms with van der Waals surface area (Å²) in [6.45, 7) is 7.97. The Kier molecular flexibility index (Phi) is 5.08. The molecule has 6 nitrogen and oxygen atoms in total. The number of piperazine rings is 1. The van der Waals surface area contributed by atoms with Gasteiger partial charge in [-0.1, -0.05) is 13.0 Å². The largest absolute Gasteiger partial charge is 0.454 e. The van der Waals surface area contributed by atoms with E-state index < -0.39 is 0 Å². The van der Waals surface area contributed by atoms with E-state index >= 15 is 0 Å². The summed E-state index contributed by atoms with van der Waals surface area (Å²) in [4.78, 5) is 19.8. The number of rotatable bonds is 3. The lowest BCUT2D eigenvalue weighted by atomic mass is 10.0. The van der Waals surface area contributed by atoms with Crippen LogP contribution in [0.4, 0.5) is 11.5 Å². The van der Waals surface area contributed by atoms with Crippen molar-refractivity contribution in [3.05, 3.63) is 65.4 Å². The molecule has 0 bridgehead atoms. The number of carbonyl (C=O) groups excluding carboxylic acids is 1. The van der Waals surface area contributed by atoms with E-state index in [1.54, 1.807) is 0 Å². The fourth-order valence-electron chi connectivity index (χ4n) is 4.24. The highest BCUT2D eigenvalue weighted by Crippen LogP contribution is 2.39. The Labute approximate surface area is 182 Å². The maximum Gasteiger partial charge on any atom is 0.259 e. The fourth-order valence-corrected chi connectivity index (χ4v) is 4.24. The van der Waals surface area contributed by atoms with Gasteiger partial charge in [-0.05, 0) is 72.0 Å². The van der Waals surface area contributed by atoms with Crippen LogP contribution in [0.5, 0.6) is 11.5 Å². The number of nitrogens with zero attached hydrogens (tertiary/aromatic N) is 2. The van der Waals surface area contributed by atoms with Gasteiger partial charge in [0.05, 0.1) is 11.3 Å². The molecule has 0 spiro atoms. The standard InChI is InChI=1S/C25H26N4O2/c1-3-17-14-23-21(12-16(17)2)28-25(30)20-13-18(4-5-22(20)31-23)19-6-7-27-24(15-19)29-10-8-26-9-11-29/h4-7,12-15,26H,3,8-11H2,1-2H3,(H,28,30). The molecule has 158 valence electrons. The Morgan fingerprint density at radius 3 is 2.65 bits per heavy atom. The highest BCUT2D eigenvalue weighted by molar-refractivity contribution is 6.08. The maximum absolute atomic E-state index is 13.0. The Balaban J connectivity index is 1.49. The predicted molar refractivity (Wildman–Crippen MR) is 123 cm³/mol. The van der Waals surface area contributed by atoms with E-state index in [4.69, 9.17) is 4.74 Å². The molecule has 1 aromatic heterocycles. The molecular formula is C25H26N4O2. The fraction of sp³-hybridized carbons (Fsp3) is 0.280. The summed E-state index contributed by atoms with van der Waals surface area (Å²) in [5.41, 5.74) is 5.60. The van der Waals surface area contributed by atoms with Gasteiger partial charge in [0, 0.05) is 32.4 Å². The normalized spacial score (nSPS) is 15.4. The minimum absolute atomic E-state index is 0.157. The quantitative estimate of drug-likeness (QED) is 0.666. The molecule has 1 saturated heterocycles. The molecule has 2 aliphatic heterocycles. The smallest absolute Gasteiger partial charge is 0.259 e. The van der Waals surface area contributed by atoms with Gasteiger partial charge >= 0.3 is 0 Å². The number of hydrogen-bond acceptors (Lipinski definition) is 5. The summed E-state index contributed by atoms with van der Waals surface area (Å²) >= 11 is 0. The van der Waals surface area contributed by atoms with Crippen LogP contribution in [0.15, 0.2) is 48.7 Å². The summed E-state index contributed by atoms with van der Waals surface area (Å²) in [7, 11) is 0.